The first-order chi connectivity index (χ1) is 10.2. The molecule has 5 nitrogen and oxygen atoms in total. The molecule has 2 N–H and O–H groups in total. The van der Waals surface area contributed by atoms with Crippen LogP contribution in [0, 0.1) is 17.1 Å². The van der Waals surface area contributed by atoms with Crippen LogP contribution in [0.1, 0.15) is 25.3 Å². The zero-order valence-corrected chi connectivity index (χ0v) is 12.1. The van der Waals surface area contributed by atoms with Gasteiger partial charge >= 0.3 is 0 Å². The van der Waals surface area contributed by atoms with E-state index in [1.54, 1.807) is 6.07 Å². The lowest BCUT2D eigenvalue weighted by atomic mass is 10.2. The van der Waals surface area contributed by atoms with Crippen molar-refractivity contribution in [1.82, 2.24) is 10.6 Å². The Morgan fingerprint density at radius 1 is 1.43 bits per heavy atom. The van der Waals surface area contributed by atoms with Gasteiger partial charge in [-0.1, -0.05) is 13.0 Å². The smallest absolute Gasteiger partial charge is 0.257 e. The highest BCUT2D eigenvalue weighted by molar-refractivity contribution is 5.77. The predicted molar refractivity (Wildman–Crippen MR) is 77.1 cm³/mol. The van der Waals surface area contributed by atoms with Gasteiger partial charge < -0.3 is 15.4 Å². The number of ether oxygens (including phenoxy) is 1. The molecule has 114 valence electrons. The van der Waals surface area contributed by atoms with E-state index in [4.69, 9.17) is 10.00 Å². The first-order valence-electron chi connectivity index (χ1n) is 6.93. The van der Waals surface area contributed by atoms with E-state index in [1.807, 2.05) is 6.07 Å². The molecule has 1 aromatic carbocycles. The number of nitrogens with one attached hydrogen (secondary N) is 2. The van der Waals surface area contributed by atoms with Crippen molar-refractivity contribution in [3.05, 3.63) is 29.6 Å². The Hall–Kier alpha value is -2.13. The van der Waals surface area contributed by atoms with E-state index >= 15 is 0 Å². The first kappa shape index (κ1) is 16.9. The monoisotopic (exact) mass is 293 g/mol. The number of hydrogen-bond donors (Lipinski definition) is 2. The Morgan fingerprint density at radius 3 is 2.90 bits per heavy atom. The number of hydrogen-bond acceptors (Lipinski definition) is 4. The lowest BCUT2D eigenvalue weighted by molar-refractivity contribution is -0.123. The molecular formula is C15H20FN3O2. The minimum Gasteiger partial charge on any atom is -0.481 e. The summed E-state index contributed by atoms with van der Waals surface area (Å²) in [6.45, 7) is 3.54. The number of amides is 1. The Bertz CT molecular complexity index is 500. The fourth-order valence-electron chi connectivity index (χ4n) is 1.63. The quantitative estimate of drug-likeness (QED) is 0.680. The zero-order valence-electron chi connectivity index (χ0n) is 12.1. The molecular weight excluding hydrogens is 273 g/mol. The van der Waals surface area contributed by atoms with Crippen LogP contribution in [0.25, 0.3) is 0 Å². The van der Waals surface area contributed by atoms with Gasteiger partial charge in [0.05, 0.1) is 12.5 Å². The molecule has 6 heteroatoms. The molecule has 1 amide bonds. The molecule has 0 unspecified atom stereocenters. The second-order valence-corrected chi connectivity index (χ2v) is 4.49. The largest absolute Gasteiger partial charge is 0.481 e. The Morgan fingerprint density at radius 2 is 2.24 bits per heavy atom. The molecule has 0 aromatic heterocycles. The van der Waals surface area contributed by atoms with Gasteiger partial charge in [0.15, 0.2) is 18.2 Å². The topological polar surface area (TPSA) is 74.2 Å². The summed E-state index contributed by atoms with van der Waals surface area (Å²) < 4.78 is 18.9. The number of carbonyl (C=O) groups is 1. The summed E-state index contributed by atoms with van der Waals surface area (Å²) in [5.74, 6) is -0.821. The van der Waals surface area contributed by atoms with Crippen molar-refractivity contribution in [3.63, 3.8) is 0 Å². The third-order valence-corrected chi connectivity index (χ3v) is 2.67. The van der Waals surface area contributed by atoms with Crippen molar-refractivity contribution in [2.24, 2.45) is 0 Å². The van der Waals surface area contributed by atoms with E-state index in [0.717, 1.165) is 18.5 Å². The Kier molecular flexibility index (Phi) is 7.84. The molecule has 1 rings (SSSR count). The van der Waals surface area contributed by atoms with Crippen LogP contribution in [0.3, 0.4) is 0 Å². The molecule has 0 atom stereocenters. The number of rotatable bonds is 9. The number of nitriles is 1. The highest BCUT2D eigenvalue weighted by Gasteiger charge is 2.07. The summed E-state index contributed by atoms with van der Waals surface area (Å²) in [5.41, 5.74) is 0.826. The molecule has 0 aliphatic carbocycles. The van der Waals surface area contributed by atoms with Crippen LogP contribution in [0.15, 0.2) is 18.2 Å². The molecule has 0 fully saturated rings. The standard InChI is InChI=1S/C15H20FN3O2/c1-2-7-18-10-12-4-5-14(13(16)9-12)21-11-15(20)19-8-3-6-17/h4-5,9,18H,2-3,7-8,10-11H2,1H3,(H,19,20). The summed E-state index contributed by atoms with van der Waals surface area (Å²) in [4.78, 5) is 11.4. The van der Waals surface area contributed by atoms with Gasteiger partial charge in [0.1, 0.15) is 0 Å². The van der Waals surface area contributed by atoms with Gasteiger partial charge in [0, 0.05) is 13.1 Å². The van der Waals surface area contributed by atoms with Crippen molar-refractivity contribution in [2.45, 2.75) is 26.3 Å². The number of benzene rings is 1. The van der Waals surface area contributed by atoms with Crippen LogP contribution in [-0.2, 0) is 11.3 Å². The van der Waals surface area contributed by atoms with Crippen LogP contribution in [-0.4, -0.2) is 25.6 Å². The van der Waals surface area contributed by atoms with Crippen molar-refractivity contribution >= 4 is 5.91 Å². The van der Waals surface area contributed by atoms with Gasteiger partial charge in [0.2, 0.25) is 0 Å². The molecule has 0 spiro atoms. The van der Waals surface area contributed by atoms with Gasteiger partial charge in [-0.2, -0.15) is 5.26 Å². The van der Waals surface area contributed by atoms with Crippen molar-refractivity contribution in [1.29, 1.82) is 5.26 Å². The van der Waals surface area contributed by atoms with Crippen molar-refractivity contribution < 1.29 is 13.9 Å². The predicted octanol–water partition coefficient (Wildman–Crippen LogP) is 1.73. The third-order valence-electron chi connectivity index (χ3n) is 2.67. The lowest BCUT2D eigenvalue weighted by Gasteiger charge is -2.09. The summed E-state index contributed by atoms with van der Waals surface area (Å²) in [6.07, 6.45) is 1.25. The molecule has 0 bridgehead atoms. The van der Waals surface area contributed by atoms with Gasteiger partial charge in [-0.25, -0.2) is 4.39 Å². The van der Waals surface area contributed by atoms with E-state index in [2.05, 4.69) is 17.6 Å². The van der Waals surface area contributed by atoms with Crippen LogP contribution in [0.5, 0.6) is 5.75 Å². The highest BCUT2D eigenvalue weighted by atomic mass is 19.1. The highest BCUT2D eigenvalue weighted by Crippen LogP contribution is 2.18. The molecule has 21 heavy (non-hydrogen) atoms. The van der Waals surface area contributed by atoms with Crippen LogP contribution in [0.4, 0.5) is 4.39 Å². The van der Waals surface area contributed by atoms with Crippen molar-refractivity contribution in [2.75, 3.05) is 19.7 Å². The maximum Gasteiger partial charge on any atom is 0.257 e. The zero-order chi connectivity index (χ0) is 15.5. The summed E-state index contributed by atoms with van der Waals surface area (Å²) >= 11 is 0. The fourth-order valence-corrected chi connectivity index (χ4v) is 1.63. The minimum absolute atomic E-state index is 0.0460. The molecule has 1 aromatic rings. The minimum atomic E-state index is -0.490. The summed E-state index contributed by atoms with van der Waals surface area (Å²) in [7, 11) is 0. The van der Waals surface area contributed by atoms with E-state index in [0.29, 0.717) is 6.54 Å². The SMILES string of the molecule is CCCNCc1ccc(OCC(=O)NCCC#N)c(F)c1. The average Bonchev–Trinajstić information content (AvgIpc) is 2.47. The van der Waals surface area contributed by atoms with Gasteiger partial charge in [-0.3, -0.25) is 4.79 Å². The third kappa shape index (κ3) is 6.72. The summed E-state index contributed by atoms with van der Waals surface area (Å²) in [6, 6.07) is 6.58. The molecule has 0 saturated heterocycles. The van der Waals surface area contributed by atoms with Crippen LogP contribution in [0.2, 0.25) is 0 Å². The first-order valence-corrected chi connectivity index (χ1v) is 6.93. The fraction of sp³-hybridized carbons (Fsp3) is 0.467. The second-order valence-electron chi connectivity index (χ2n) is 4.49. The summed E-state index contributed by atoms with van der Waals surface area (Å²) in [5, 5.41) is 14.0. The lowest BCUT2D eigenvalue weighted by Crippen LogP contribution is -2.29. The average molecular weight is 293 g/mol. The molecule has 0 aliphatic rings. The molecule has 0 aliphatic heterocycles. The van der Waals surface area contributed by atoms with Gasteiger partial charge in [0.25, 0.3) is 5.91 Å². The molecule has 0 heterocycles. The maximum absolute atomic E-state index is 13.8. The van der Waals surface area contributed by atoms with Gasteiger partial charge in [-0.05, 0) is 30.7 Å². The Balaban J connectivity index is 2.42. The van der Waals surface area contributed by atoms with E-state index in [1.165, 1.54) is 12.1 Å². The molecule has 0 saturated carbocycles. The number of halogens is 1. The van der Waals surface area contributed by atoms with Crippen molar-refractivity contribution in [3.8, 4) is 11.8 Å². The van der Waals surface area contributed by atoms with Crippen LogP contribution >= 0.6 is 0 Å². The number of nitrogens with zero attached hydrogens (tertiary/aromatic N) is 1. The number of carbonyl (C=O) groups excluding carboxylic acids is 1. The molecule has 0 radical (unpaired) electrons. The van der Waals surface area contributed by atoms with Gasteiger partial charge in [-0.15, -0.1) is 0 Å². The Labute approximate surface area is 124 Å². The maximum atomic E-state index is 13.8. The van der Waals surface area contributed by atoms with E-state index in [-0.39, 0.29) is 31.2 Å². The normalized spacial score (nSPS) is 9.95. The van der Waals surface area contributed by atoms with Crippen LogP contribution < -0.4 is 15.4 Å². The second kappa shape index (κ2) is 9.72. The van der Waals surface area contributed by atoms with E-state index < -0.39 is 5.82 Å². The van der Waals surface area contributed by atoms with E-state index in [9.17, 15) is 9.18 Å².